The molecular weight excluding hydrogens is 378 g/mol. The third kappa shape index (κ3) is 5.98. The van der Waals surface area contributed by atoms with Gasteiger partial charge in [-0.3, -0.25) is 14.4 Å². The van der Waals surface area contributed by atoms with Crippen LogP contribution in [0.4, 0.5) is 0 Å². The van der Waals surface area contributed by atoms with Gasteiger partial charge in [0.15, 0.2) is 0 Å². The number of likely N-dealkylation sites (tertiary alicyclic amines) is 2. The number of unbranched alkanes of at least 4 members (excludes halogenated alkanes) is 3. The fourth-order valence-corrected chi connectivity index (χ4v) is 5.38. The molecule has 170 valence electrons. The van der Waals surface area contributed by atoms with Crippen molar-refractivity contribution in [1.29, 1.82) is 0 Å². The lowest BCUT2D eigenvalue weighted by molar-refractivity contribution is -0.148. The zero-order valence-electron chi connectivity index (χ0n) is 18.9. The van der Waals surface area contributed by atoms with E-state index in [1.807, 2.05) is 9.80 Å². The van der Waals surface area contributed by atoms with Gasteiger partial charge < -0.3 is 15.1 Å². The maximum Gasteiger partial charge on any atom is 0.245 e. The molecule has 2 aliphatic heterocycles. The number of carbonyl (C=O) groups excluding carboxylic acids is 3. The van der Waals surface area contributed by atoms with Gasteiger partial charge in [0.1, 0.15) is 6.04 Å². The lowest BCUT2D eigenvalue weighted by Gasteiger charge is -2.36. The first-order valence-electron chi connectivity index (χ1n) is 12.5. The average Bonchev–Trinajstić information content (AvgIpc) is 3.28. The molecule has 1 aliphatic carbocycles. The van der Waals surface area contributed by atoms with E-state index in [1.165, 1.54) is 19.3 Å². The van der Waals surface area contributed by atoms with Crippen molar-refractivity contribution in [1.82, 2.24) is 15.1 Å². The van der Waals surface area contributed by atoms with Crippen LogP contribution in [0.3, 0.4) is 0 Å². The average molecular weight is 420 g/mol. The lowest BCUT2D eigenvalue weighted by Crippen LogP contribution is -2.53. The SMILES string of the molecule is CCCCCCNC(=O)C1CCCN(C(=O)C2CCCN2C(=O)C2CCCCC2)C1. The van der Waals surface area contributed by atoms with Crippen LogP contribution >= 0.6 is 0 Å². The van der Waals surface area contributed by atoms with Gasteiger partial charge in [-0.1, -0.05) is 45.4 Å². The van der Waals surface area contributed by atoms with Gasteiger partial charge in [-0.25, -0.2) is 0 Å². The predicted octanol–water partition coefficient (Wildman–Crippen LogP) is 3.49. The Morgan fingerprint density at radius 3 is 2.30 bits per heavy atom. The summed E-state index contributed by atoms with van der Waals surface area (Å²) in [6.45, 7) is 4.83. The van der Waals surface area contributed by atoms with Gasteiger partial charge in [-0.15, -0.1) is 0 Å². The first-order valence-corrected chi connectivity index (χ1v) is 12.5. The normalized spacial score (nSPS) is 25.4. The van der Waals surface area contributed by atoms with Crippen molar-refractivity contribution >= 4 is 17.7 Å². The second-order valence-corrected chi connectivity index (χ2v) is 9.50. The van der Waals surface area contributed by atoms with Crippen LogP contribution in [0.1, 0.15) is 90.4 Å². The summed E-state index contributed by atoms with van der Waals surface area (Å²) in [6.07, 6.45) is 13.4. The molecule has 30 heavy (non-hydrogen) atoms. The monoisotopic (exact) mass is 419 g/mol. The molecule has 6 nitrogen and oxygen atoms in total. The van der Waals surface area contributed by atoms with Crippen molar-refractivity contribution in [2.75, 3.05) is 26.2 Å². The summed E-state index contributed by atoms with van der Waals surface area (Å²) in [4.78, 5) is 42.7. The zero-order valence-corrected chi connectivity index (χ0v) is 18.9. The Morgan fingerprint density at radius 1 is 0.800 bits per heavy atom. The number of hydrogen-bond donors (Lipinski definition) is 1. The number of amides is 3. The third-order valence-electron chi connectivity index (χ3n) is 7.21. The number of hydrogen-bond acceptors (Lipinski definition) is 3. The van der Waals surface area contributed by atoms with Gasteiger partial charge in [0.2, 0.25) is 17.7 Å². The van der Waals surface area contributed by atoms with Gasteiger partial charge in [-0.2, -0.15) is 0 Å². The highest BCUT2D eigenvalue weighted by Crippen LogP contribution is 2.30. The number of nitrogens with zero attached hydrogens (tertiary/aromatic N) is 2. The number of piperidine rings is 1. The van der Waals surface area contributed by atoms with E-state index in [0.717, 1.165) is 70.8 Å². The summed E-state index contributed by atoms with van der Waals surface area (Å²) in [5, 5.41) is 3.07. The predicted molar refractivity (Wildman–Crippen MR) is 118 cm³/mol. The fourth-order valence-electron chi connectivity index (χ4n) is 5.38. The van der Waals surface area contributed by atoms with Crippen molar-refractivity contribution in [3.05, 3.63) is 0 Å². The van der Waals surface area contributed by atoms with E-state index < -0.39 is 0 Å². The largest absolute Gasteiger partial charge is 0.356 e. The van der Waals surface area contributed by atoms with Gasteiger partial charge in [0.05, 0.1) is 5.92 Å². The van der Waals surface area contributed by atoms with Crippen LogP contribution in [-0.4, -0.2) is 59.7 Å². The van der Waals surface area contributed by atoms with Crippen LogP contribution in [0.5, 0.6) is 0 Å². The lowest BCUT2D eigenvalue weighted by atomic mass is 9.88. The van der Waals surface area contributed by atoms with Crippen LogP contribution in [0.15, 0.2) is 0 Å². The minimum Gasteiger partial charge on any atom is -0.356 e. The van der Waals surface area contributed by atoms with Crippen LogP contribution in [0.2, 0.25) is 0 Å². The molecule has 6 heteroatoms. The highest BCUT2D eigenvalue weighted by molar-refractivity contribution is 5.89. The van der Waals surface area contributed by atoms with Gasteiger partial charge >= 0.3 is 0 Å². The molecule has 3 fully saturated rings. The summed E-state index contributed by atoms with van der Waals surface area (Å²) in [5.74, 6) is 0.351. The Labute approximate surface area is 182 Å². The maximum absolute atomic E-state index is 13.3. The quantitative estimate of drug-likeness (QED) is 0.612. The van der Waals surface area contributed by atoms with E-state index in [4.69, 9.17) is 0 Å². The molecular formula is C24H41N3O3. The first-order chi connectivity index (χ1) is 14.6. The van der Waals surface area contributed by atoms with Crippen LogP contribution in [0, 0.1) is 11.8 Å². The van der Waals surface area contributed by atoms with E-state index in [0.29, 0.717) is 19.6 Å². The van der Waals surface area contributed by atoms with E-state index in [-0.39, 0.29) is 35.6 Å². The van der Waals surface area contributed by atoms with Crippen molar-refractivity contribution in [2.45, 2.75) is 96.4 Å². The molecule has 0 aromatic heterocycles. The van der Waals surface area contributed by atoms with Gasteiger partial charge in [0, 0.05) is 32.1 Å². The Morgan fingerprint density at radius 2 is 1.53 bits per heavy atom. The van der Waals surface area contributed by atoms with E-state index >= 15 is 0 Å². The minimum atomic E-state index is -0.310. The topological polar surface area (TPSA) is 69.7 Å². The third-order valence-corrected chi connectivity index (χ3v) is 7.21. The van der Waals surface area contributed by atoms with E-state index in [9.17, 15) is 14.4 Å². The molecule has 3 rings (SSSR count). The molecule has 2 saturated heterocycles. The molecule has 1 saturated carbocycles. The smallest absolute Gasteiger partial charge is 0.245 e. The first kappa shape index (κ1) is 23.1. The summed E-state index contributed by atoms with van der Waals surface area (Å²) in [5.41, 5.74) is 0. The molecule has 1 N–H and O–H groups in total. The molecule has 0 aromatic carbocycles. The Bertz CT molecular complexity index is 588. The summed E-state index contributed by atoms with van der Waals surface area (Å²) < 4.78 is 0. The van der Waals surface area contributed by atoms with Gasteiger partial charge in [0.25, 0.3) is 0 Å². The number of nitrogens with one attached hydrogen (secondary N) is 1. The minimum absolute atomic E-state index is 0.0668. The van der Waals surface area contributed by atoms with Crippen LogP contribution < -0.4 is 5.32 Å². The molecule has 3 aliphatic rings. The Hall–Kier alpha value is -1.59. The Kier molecular flexibility index (Phi) is 9.01. The molecule has 0 bridgehead atoms. The zero-order chi connectivity index (χ0) is 21.3. The molecule has 0 spiro atoms. The second kappa shape index (κ2) is 11.7. The van der Waals surface area contributed by atoms with Gasteiger partial charge in [-0.05, 0) is 44.9 Å². The molecule has 0 aromatic rings. The molecule has 2 unspecified atom stereocenters. The van der Waals surface area contributed by atoms with Crippen molar-refractivity contribution in [2.24, 2.45) is 11.8 Å². The maximum atomic E-state index is 13.3. The van der Waals surface area contributed by atoms with E-state index in [2.05, 4.69) is 12.2 Å². The number of carbonyl (C=O) groups is 3. The molecule has 2 atom stereocenters. The van der Waals surface area contributed by atoms with Crippen LogP contribution in [0.25, 0.3) is 0 Å². The van der Waals surface area contributed by atoms with Crippen molar-refractivity contribution < 1.29 is 14.4 Å². The molecule has 3 amide bonds. The Balaban J connectivity index is 1.51. The standard InChI is InChI=1S/C24H41N3O3/c1-2-3-4-8-15-25-22(28)20-13-9-16-26(18-20)24(30)21-14-10-17-27(21)23(29)19-11-6-5-7-12-19/h19-21H,2-18H2,1H3,(H,25,28). The van der Waals surface area contributed by atoms with Crippen molar-refractivity contribution in [3.63, 3.8) is 0 Å². The highest BCUT2D eigenvalue weighted by Gasteiger charge is 2.40. The highest BCUT2D eigenvalue weighted by atomic mass is 16.2. The summed E-state index contributed by atoms with van der Waals surface area (Å²) >= 11 is 0. The number of rotatable bonds is 8. The fraction of sp³-hybridized carbons (Fsp3) is 0.875. The molecule has 2 heterocycles. The van der Waals surface area contributed by atoms with E-state index in [1.54, 1.807) is 0 Å². The second-order valence-electron chi connectivity index (χ2n) is 9.50. The summed E-state index contributed by atoms with van der Waals surface area (Å²) in [7, 11) is 0. The van der Waals surface area contributed by atoms with Crippen molar-refractivity contribution in [3.8, 4) is 0 Å². The molecule has 0 radical (unpaired) electrons. The van der Waals surface area contributed by atoms with Crippen LogP contribution in [-0.2, 0) is 14.4 Å². The summed E-state index contributed by atoms with van der Waals surface area (Å²) in [6, 6.07) is -0.310.